The van der Waals surface area contributed by atoms with Crippen LogP contribution in [0.2, 0.25) is 0 Å². The molecule has 1 aliphatic carbocycles. The molecule has 2 rings (SSSR count). The Balaban J connectivity index is 2.14. The van der Waals surface area contributed by atoms with Crippen LogP contribution in [0.25, 0.3) is 0 Å². The van der Waals surface area contributed by atoms with Gasteiger partial charge < -0.3 is 15.8 Å². The van der Waals surface area contributed by atoms with Crippen molar-refractivity contribution in [2.75, 3.05) is 19.0 Å². The fourth-order valence-electron chi connectivity index (χ4n) is 2.75. The van der Waals surface area contributed by atoms with Crippen molar-refractivity contribution in [1.82, 2.24) is 0 Å². The summed E-state index contributed by atoms with van der Waals surface area (Å²) >= 11 is 0. The Bertz CT molecular complexity index is 485. The second-order valence-corrected chi connectivity index (χ2v) is 5.35. The summed E-state index contributed by atoms with van der Waals surface area (Å²) in [6.07, 6.45) is 4.83. The third-order valence-corrected chi connectivity index (χ3v) is 4.09. The molecule has 0 atom stereocenters. The van der Waals surface area contributed by atoms with Gasteiger partial charge >= 0.3 is 0 Å². The molecule has 0 saturated heterocycles. The zero-order valence-electron chi connectivity index (χ0n) is 11.7. The monoisotopic (exact) mass is 280 g/mol. The van der Waals surface area contributed by atoms with Gasteiger partial charge in [-0.05, 0) is 25.0 Å². The molecule has 1 amide bonds. The van der Waals surface area contributed by atoms with Gasteiger partial charge in [-0.3, -0.25) is 4.79 Å². The highest BCUT2D eigenvalue weighted by Gasteiger charge is 2.38. The zero-order valence-corrected chi connectivity index (χ0v) is 11.7. The molecule has 1 aromatic carbocycles. The Morgan fingerprint density at radius 3 is 2.70 bits per heavy atom. The van der Waals surface area contributed by atoms with E-state index in [9.17, 15) is 9.18 Å². The fourth-order valence-corrected chi connectivity index (χ4v) is 2.75. The Morgan fingerprint density at radius 2 is 2.10 bits per heavy atom. The van der Waals surface area contributed by atoms with Gasteiger partial charge in [-0.2, -0.15) is 0 Å². The highest BCUT2D eigenvalue weighted by atomic mass is 19.1. The first-order chi connectivity index (χ1) is 9.61. The minimum absolute atomic E-state index is 0.0756. The molecule has 0 aliphatic heterocycles. The molecule has 0 radical (unpaired) electrons. The van der Waals surface area contributed by atoms with Crippen molar-refractivity contribution >= 4 is 11.6 Å². The summed E-state index contributed by atoms with van der Waals surface area (Å²) in [7, 11) is 1.40. The van der Waals surface area contributed by atoms with E-state index in [1.807, 2.05) is 0 Å². The van der Waals surface area contributed by atoms with E-state index >= 15 is 0 Å². The number of rotatable bonds is 4. The largest absolute Gasteiger partial charge is 0.494 e. The Hall–Kier alpha value is -1.62. The average molecular weight is 280 g/mol. The number of amides is 1. The van der Waals surface area contributed by atoms with Crippen molar-refractivity contribution in [2.45, 2.75) is 32.1 Å². The summed E-state index contributed by atoms with van der Waals surface area (Å²) in [6.45, 7) is 0.344. The third kappa shape index (κ3) is 2.93. The quantitative estimate of drug-likeness (QED) is 0.891. The maximum atomic E-state index is 13.3. The summed E-state index contributed by atoms with van der Waals surface area (Å²) < 4.78 is 18.3. The number of methoxy groups -OCH3 is 1. The van der Waals surface area contributed by atoms with E-state index in [-0.39, 0.29) is 11.7 Å². The molecule has 3 N–H and O–H groups in total. The lowest BCUT2D eigenvalue weighted by Crippen LogP contribution is -2.43. The second kappa shape index (κ2) is 6.22. The molecule has 1 aliphatic rings. The Kier molecular flexibility index (Phi) is 4.60. The average Bonchev–Trinajstić information content (AvgIpc) is 2.49. The van der Waals surface area contributed by atoms with E-state index in [1.54, 1.807) is 0 Å². The van der Waals surface area contributed by atoms with Gasteiger partial charge in [0.25, 0.3) is 0 Å². The van der Waals surface area contributed by atoms with Crippen LogP contribution in [0.4, 0.5) is 10.1 Å². The van der Waals surface area contributed by atoms with Gasteiger partial charge in [-0.25, -0.2) is 4.39 Å². The van der Waals surface area contributed by atoms with E-state index in [0.717, 1.165) is 32.1 Å². The van der Waals surface area contributed by atoms with Crippen LogP contribution >= 0.6 is 0 Å². The molecule has 1 saturated carbocycles. The normalized spacial score (nSPS) is 17.6. The van der Waals surface area contributed by atoms with Crippen molar-refractivity contribution in [3.8, 4) is 5.75 Å². The Morgan fingerprint density at radius 1 is 1.40 bits per heavy atom. The molecule has 0 spiro atoms. The van der Waals surface area contributed by atoms with Gasteiger partial charge in [0.1, 0.15) is 0 Å². The lowest BCUT2D eigenvalue weighted by atomic mass is 9.73. The van der Waals surface area contributed by atoms with E-state index in [2.05, 4.69) is 5.32 Å². The van der Waals surface area contributed by atoms with Crippen molar-refractivity contribution < 1.29 is 13.9 Å². The van der Waals surface area contributed by atoms with Crippen LogP contribution in [0.1, 0.15) is 32.1 Å². The molecule has 0 unspecified atom stereocenters. The van der Waals surface area contributed by atoms with Crippen LogP contribution in [-0.2, 0) is 4.79 Å². The maximum Gasteiger partial charge on any atom is 0.231 e. The molecule has 5 heteroatoms. The molecular formula is C15H21FN2O2. The molecule has 20 heavy (non-hydrogen) atoms. The predicted octanol–water partition coefficient (Wildman–Crippen LogP) is 2.68. The first-order valence-corrected chi connectivity index (χ1v) is 6.96. The third-order valence-electron chi connectivity index (χ3n) is 4.09. The van der Waals surface area contributed by atoms with Crippen LogP contribution in [-0.4, -0.2) is 19.6 Å². The lowest BCUT2D eigenvalue weighted by Gasteiger charge is -2.34. The summed E-state index contributed by atoms with van der Waals surface area (Å²) in [5.41, 5.74) is 5.88. The van der Waals surface area contributed by atoms with Crippen LogP contribution in [0, 0.1) is 11.2 Å². The van der Waals surface area contributed by atoms with Crippen LogP contribution in [0.3, 0.4) is 0 Å². The van der Waals surface area contributed by atoms with Crippen LogP contribution in [0.5, 0.6) is 5.75 Å². The molecule has 1 fully saturated rings. The highest BCUT2D eigenvalue weighted by Crippen LogP contribution is 2.36. The minimum atomic E-state index is -0.486. The molecule has 110 valence electrons. The number of anilines is 1. The van der Waals surface area contributed by atoms with Gasteiger partial charge in [-0.1, -0.05) is 19.3 Å². The maximum absolute atomic E-state index is 13.3. The SMILES string of the molecule is COc1cc(NC(=O)C2(CN)CCCCC2)ccc1F. The van der Waals surface area contributed by atoms with Crippen molar-refractivity contribution in [3.05, 3.63) is 24.0 Å². The first-order valence-electron chi connectivity index (χ1n) is 6.96. The minimum Gasteiger partial charge on any atom is -0.494 e. The van der Waals surface area contributed by atoms with Crippen molar-refractivity contribution in [2.24, 2.45) is 11.1 Å². The van der Waals surface area contributed by atoms with E-state index in [4.69, 9.17) is 10.5 Å². The van der Waals surface area contributed by atoms with Gasteiger partial charge in [-0.15, -0.1) is 0 Å². The summed E-state index contributed by atoms with van der Waals surface area (Å²) in [4.78, 5) is 12.5. The molecule has 0 heterocycles. The number of carbonyl (C=O) groups is 1. The van der Waals surface area contributed by atoms with Gasteiger partial charge in [0.05, 0.1) is 12.5 Å². The zero-order chi connectivity index (χ0) is 14.6. The number of nitrogens with two attached hydrogens (primary N) is 1. The van der Waals surface area contributed by atoms with E-state index < -0.39 is 11.2 Å². The lowest BCUT2D eigenvalue weighted by molar-refractivity contribution is -0.126. The smallest absolute Gasteiger partial charge is 0.231 e. The summed E-state index contributed by atoms with van der Waals surface area (Å²) in [5, 5.41) is 2.84. The van der Waals surface area contributed by atoms with Crippen LogP contribution < -0.4 is 15.8 Å². The number of carbonyl (C=O) groups excluding carboxylic acids is 1. The number of ether oxygens (including phenoxy) is 1. The number of nitrogens with one attached hydrogen (secondary N) is 1. The first kappa shape index (κ1) is 14.8. The van der Waals surface area contributed by atoms with Gasteiger partial charge in [0, 0.05) is 18.3 Å². The highest BCUT2D eigenvalue weighted by molar-refractivity contribution is 5.95. The fraction of sp³-hybridized carbons (Fsp3) is 0.533. The number of hydrogen-bond acceptors (Lipinski definition) is 3. The van der Waals surface area contributed by atoms with Crippen molar-refractivity contribution in [3.63, 3.8) is 0 Å². The number of halogens is 1. The molecule has 0 bridgehead atoms. The predicted molar refractivity (Wildman–Crippen MR) is 76.2 cm³/mol. The summed E-state index contributed by atoms with van der Waals surface area (Å²) in [6, 6.07) is 4.30. The number of benzene rings is 1. The van der Waals surface area contributed by atoms with Gasteiger partial charge in [0.15, 0.2) is 11.6 Å². The molecular weight excluding hydrogens is 259 g/mol. The number of hydrogen-bond donors (Lipinski definition) is 2. The second-order valence-electron chi connectivity index (χ2n) is 5.35. The Labute approximate surface area is 118 Å². The standard InChI is InChI=1S/C15H21FN2O2/c1-20-13-9-11(5-6-12(13)16)18-14(19)15(10-17)7-3-2-4-8-15/h5-6,9H,2-4,7-8,10,17H2,1H3,(H,18,19). The van der Waals surface area contributed by atoms with Crippen molar-refractivity contribution in [1.29, 1.82) is 0 Å². The molecule has 0 aromatic heterocycles. The molecule has 4 nitrogen and oxygen atoms in total. The molecule has 1 aromatic rings. The van der Waals surface area contributed by atoms with E-state index in [0.29, 0.717) is 12.2 Å². The summed E-state index contributed by atoms with van der Waals surface area (Å²) in [5.74, 6) is -0.404. The topological polar surface area (TPSA) is 64.3 Å². The van der Waals surface area contributed by atoms with Gasteiger partial charge in [0.2, 0.25) is 5.91 Å². The van der Waals surface area contributed by atoms with E-state index in [1.165, 1.54) is 25.3 Å². The van der Waals surface area contributed by atoms with Crippen LogP contribution in [0.15, 0.2) is 18.2 Å².